The van der Waals surface area contributed by atoms with E-state index in [9.17, 15) is 14.4 Å². The molecule has 4 aromatic rings. The standard InChI is InChI=1S/C18H18Cl2N2O4.C17H17Cl2NO3/c1-10-3-11(5-13(4-10)21-2)9-26-17-14(19)6-12(7-15(17)20)18(25)22-8-16(23)24;1-10-3-12(5-13(4-10)20-2)9-23-17-14(18)6-11(7-15(17)19)8-16(21)22/h3-7,21H,8-9H2,1-2H3,(H,22,25)(H,23,24);3-7,20H,8-9H2,1-2H3,(H,21,22). The summed E-state index contributed by atoms with van der Waals surface area (Å²) in [4.78, 5) is 33.2. The number of rotatable bonds is 13. The zero-order valence-corrected chi connectivity index (χ0v) is 30.1. The van der Waals surface area contributed by atoms with Crippen molar-refractivity contribution in [1.29, 1.82) is 0 Å². The molecule has 10 nitrogen and oxygen atoms in total. The minimum absolute atomic E-state index is 0.136. The number of ether oxygens (including phenoxy) is 2. The zero-order valence-electron chi connectivity index (χ0n) is 27.0. The van der Waals surface area contributed by atoms with E-state index in [1.54, 1.807) is 12.1 Å². The highest BCUT2D eigenvalue weighted by Gasteiger charge is 2.16. The molecule has 0 fully saturated rings. The summed E-state index contributed by atoms with van der Waals surface area (Å²) in [7, 11) is 3.69. The summed E-state index contributed by atoms with van der Waals surface area (Å²) in [5.41, 5.74) is 6.77. The molecule has 0 aromatic heterocycles. The van der Waals surface area contributed by atoms with Crippen LogP contribution in [-0.4, -0.2) is 48.7 Å². The number of nitrogens with one attached hydrogen (secondary N) is 3. The van der Waals surface area contributed by atoms with Crippen molar-refractivity contribution in [3.8, 4) is 11.5 Å². The third-order valence-corrected chi connectivity index (χ3v) is 7.82. The Morgan fingerprint density at radius 1 is 0.612 bits per heavy atom. The van der Waals surface area contributed by atoms with Crippen molar-refractivity contribution in [3.63, 3.8) is 0 Å². The monoisotopic (exact) mass is 749 g/mol. The number of carboxylic acid groups (broad SMARTS) is 2. The Morgan fingerprint density at radius 3 is 1.43 bits per heavy atom. The van der Waals surface area contributed by atoms with Gasteiger partial charge in [0.15, 0.2) is 11.5 Å². The lowest BCUT2D eigenvalue weighted by atomic mass is 10.1. The fraction of sp³-hybridized carbons (Fsp3) is 0.229. The summed E-state index contributed by atoms with van der Waals surface area (Å²) in [5.74, 6) is -2.05. The summed E-state index contributed by atoms with van der Waals surface area (Å²) >= 11 is 24.7. The van der Waals surface area contributed by atoms with Gasteiger partial charge in [-0.25, -0.2) is 0 Å². The highest BCUT2D eigenvalue weighted by Crippen LogP contribution is 2.36. The second kappa shape index (κ2) is 18.4. The Morgan fingerprint density at radius 2 is 1.04 bits per heavy atom. The van der Waals surface area contributed by atoms with Crippen molar-refractivity contribution in [3.05, 3.63) is 114 Å². The van der Waals surface area contributed by atoms with Gasteiger partial charge < -0.3 is 35.6 Å². The average molecular weight is 751 g/mol. The number of aryl methyl sites for hydroxylation is 2. The van der Waals surface area contributed by atoms with Gasteiger partial charge in [0, 0.05) is 31.0 Å². The van der Waals surface area contributed by atoms with E-state index in [1.807, 2.05) is 64.3 Å². The quantitative estimate of drug-likeness (QED) is 0.0911. The van der Waals surface area contributed by atoms with E-state index in [0.29, 0.717) is 28.0 Å². The predicted octanol–water partition coefficient (Wildman–Crippen LogP) is 8.29. The first-order valence-electron chi connectivity index (χ1n) is 14.7. The first-order valence-corrected chi connectivity index (χ1v) is 16.2. The molecule has 0 bridgehead atoms. The molecule has 0 atom stereocenters. The molecule has 1 amide bonds. The Bertz CT molecular complexity index is 1790. The van der Waals surface area contributed by atoms with Crippen molar-refractivity contribution in [2.75, 3.05) is 31.3 Å². The number of aliphatic carboxylic acids is 2. The molecule has 0 aliphatic rings. The number of hydrogen-bond acceptors (Lipinski definition) is 7. The van der Waals surface area contributed by atoms with Gasteiger partial charge in [0.1, 0.15) is 19.8 Å². The maximum Gasteiger partial charge on any atom is 0.322 e. The maximum absolute atomic E-state index is 11.9. The largest absolute Gasteiger partial charge is 0.486 e. The molecule has 0 spiro atoms. The van der Waals surface area contributed by atoms with Crippen LogP contribution in [0.3, 0.4) is 0 Å². The number of benzene rings is 4. The SMILES string of the molecule is CNc1cc(C)cc(COc2c(Cl)cc(C(=O)NCC(=O)O)cc2Cl)c1.CNc1cc(C)cc(COc2c(Cl)cc(CC(=O)O)cc2Cl)c1. The predicted molar refractivity (Wildman–Crippen MR) is 194 cm³/mol. The highest BCUT2D eigenvalue weighted by molar-refractivity contribution is 6.38. The Labute approximate surface area is 304 Å². The molecule has 0 heterocycles. The third kappa shape index (κ3) is 12.2. The van der Waals surface area contributed by atoms with Gasteiger partial charge in [0.05, 0.1) is 26.5 Å². The van der Waals surface area contributed by atoms with E-state index in [4.69, 9.17) is 66.1 Å². The molecule has 49 heavy (non-hydrogen) atoms. The smallest absolute Gasteiger partial charge is 0.322 e. The first-order chi connectivity index (χ1) is 23.2. The normalized spacial score (nSPS) is 10.4. The van der Waals surface area contributed by atoms with E-state index in [-0.39, 0.29) is 34.4 Å². The van der Waals surface area contributed by atoms with Gasteiger partial charge in [-0.2, -0.15) is 0 Å². The second-order valence-corrected chi connectivity index (χ2v) is 12.4. The summed E-state index contributed by atoms with van der Waals surface area (Å²) in [5, 5.41) is 26.8. The van der Waals surface area contributed by atoms with Crippen LogP contribution in [0.5, 0.6) is 11.5 Å². The van der Waals surface area contributed by atoms with Crippen molar-refractivity contribution < 1.29 is 34.1 Å². The number of anilines is 2. The third-order valence-electron chi connectivity index (χ3n) is 6.69. The number of carbonyl (C=O) groups is 3. The Kier molecular flexibility index (Phi) is 14.7. The lowest BCUT2D eigenvalue weighted by Crippen LogP contribution is -2.29. The molecule has 4 aromatic carbocycles. The Balaban J connectivity index is 0.000000267. The lowest BCUT2D eigenvalue weighted by Gasteiger charge is -2.13. The first kappa shape index (κ1) is 39.1. The van der Waals surface area contributed by atoms with E-state index < -0.39 is 24.4 Å². The number of halogens is 4. The molecule has 5 N–H and O–H groups in total. The zero-order chi connectivity index (χ0) is 36.2. The minimum Gasteiger partial charge on any atom is -0.486 e. The molecule has 0 radical (unpaired) electrons. The molecule has 14 heteroatoms. The molecule has 260 valence electrons. The fourth-order valence-electron chi connectivity index (χ4n) is 4.61. The second-order valence-electron chi connectivity index (χ2n) is 10.8. The number of amides is 1. The fourth-order valence-corrected chi connectivity index (χ4v) is 5.84. The Hall–Kier alpha value is -4.35. The van der Waals surface area contributed by atoms with Crippen molar-refractivity contribution in [1.82, 2.24) is 5.32 Å². The van der Waals surface area contributed by atoms with Crippen molar-refractivity contribution in [2.24, 2.45) is 0 Å². The summed E-state index contributed by atoms with van der Waals surface area (Å²) in [6.45, 7) is 4.06. The van der Waals surface area contributed by atoms with Gasteiger partial charge in [-0.15, -0.1) is 0 Å². The van der Waals surface area contributed by atoms with Crippen LogP contribution >= 0.6 is 46.4 Å². The molecular formula is C35H35Cl4N3O7. The minimum atomic E-state index is -1.14. The molecule has 0 aliphatic carbocycles. The molecular weight excluding hydrogens is 716 g/mol. The van der Waals surface area contributed by atoms with E-state index in [2.05, 4.69) is 16.0 Å². The van der Waals surface area contributed by atoms with Crippen LogP contribution in [0, 0.1) is 13.8 Å². The van der Waals surface area contributed by atoms with Gasteiger partial charge in [-0.1, -0.05) is 58.5 Å². The van der Waals surface area contributed by atoms with Crippen LogP contribution in [-0.2, 0) is 29.2 Å². The van der Waals surface area contributed by atoms with Crippen molar-refractivity contribution >= 4 is 75.6 Å². The van der Waals surface area contributed by atoms with E-state index in [0.717, 1.165) is 33.6 Å². The van der Waals surface area contributed by atoms with Crippen LogP contribution in [0.25, 0.3) is 0 Å². The number of carboxylic acids is 2. The maximum atomic E-state index is 11.9. The van der Waals surface area contributed by atoms with Crippen LogP contribution < -0.4 is 25.4 Å². The molecule has 0 unspecified atom stereocenters. The van der Waals surface area contributed by atoms with Crippen LogP contribution in [0.15, 0.2) is 60.7 Å². The molecule has 4 rings (SSSR count). The summed E-state index contributed by atoms with van der Waals surface area (Å²) in [6.07, 6.45) is -0.136. The van der Waals surface area contributed by atoms with E-state index in [1.165, 1.54) is 12.1 Å². The van der Waals surface area contributed by atoms with Crippen LogP contribution in [0.4, 0.5) is 11.4 Å². The van der Waals surface area contributed by atoms with Crippen LogP contribution in [0.1, 0.15) is 38.2 Å². The van der Waals surface area contributed by atoms with E-state index >= 15 is 0 Å². The molecule has 0 saturated carbocycles. The summed E-state index contributed by atoms with van der Waals surface area (Å²) < 4.78 is 11.5. The summed E-state index contributed by atoms with van der Waals surface area (Å²) in [6, 6.07) is 17.9. The van der Waals surface area contributed by atoms with Gasteiger partial charge in [-0.3, -0.25) is 14.4 Å². The van der Waals surface area contributed by atoms with Gasteiger partial charge in [-0.05, 0) is 90.2 Å². The van der Waals surface area contributed by atoms with Crippen LogP contribution in [0.2, 0.25) is 20.1 Å². The number of carbonyl (C=O) groups excluding carboxylic acids is 1. The highest BCUT2D eigenvalue weighted by atomic mass is 35.5. The van der Waals surface area contributed by atoms with Gasteiger partial charge >= 0.3 is 11.9 Å². The van der Waals surface area contributed by atoms with Gasteiger partial charge in [0.25, 0.3) is 5.91 Å². The number of hydrogen-bond donors (Lipinski definition) is 5. The average Bonchev–Trinajstić information content (AvgIpc) is 3.02. The van der Waals surface area contributed by atoms with Gasteiger partial charge in [0.2, 0.25) is 0 Å². The molecule has 0 saturated heterocycles. The topological polar surface area (TPSA) is 146 Å². The lowest BCUT2D eigenvalue weighted by molar-refractivity contribution is -0.137. The molecule has 0 aliphatic heterocycles. The van der Waals surface area contributed by atoms with Crippen molar-refractivity contribution in [2.45, 2.75) is 33.5 Å².